The highest BCUT2D eigenvalue weighted by atomic mass is 35.5. The third-order valence-corrected chi connectivity index (χ3v) is 3.85. The molecule has 0 heterocycles. The summed E-state index contributed by atoms with van der Waals surface area (Å²) in [6, 6.07) is 10.0. The molecule has 2 N–H and O–H groups in total. The molecule has 19 heavy (non-hydrogen) atoms. The molecule has 0 aliphatic heterocycles. The quantitative estimate of drug-likeness (QED) is 0.591. The lowest BCUT2D eigenvalue weighted by atomic mass is 9.72. The van der Waals surface area contributed by atoms with E-state index in [0.29, 0.717) is 18.2 Å². The zero-order chi connectivity index (χ0) is 14.1. The number of alkyl halides is 2. The fourth-order valence-corrected chi connectivity index (χ4v) is 3.09. The molecule has 0 saturated carbocycles. The van der Waals surface area contributed by atoms with Crippen LogP contribution in [0.2, 0.25) is 0 Å². The molecule has 0 amide bonds. The number of carbonyl (C=O) groups is 1. The maximum Gasteiger partial charge on any atom is 0.324 e. The SMILES string of the molecule is NOC(=O)CCC(CCCl)(CCCl)c1ccccc1. The first kappa shape index (κ1) is 16.3. The number of halogens is 2. The number of rotatable bonds is 8. The molecular weight excluding hydrogens is 285 g/mol. The zero-order valence-corrected chi connectivity index (χ0v) is 12.3. The summed E-state index contributed by atoms with van der Waals surface area (Å²) in [6.45, 7) is 0. The Morgan fingerprint density at radius 1 is 1.11 bits per heavy atom. The lowest BCUT2D eigenvalue weighted by Gasteiger charge is -2.33. The van der Waals surface area contributed by atoms with Crippen LogP contribution in [-0.2, 0) is 15.0 Å². The number of hydrogen-bond acceptors (Lipinski definition) is 3. The van der Waals surface area contributed by atoms with Gasteiger partial charge in [0.15, 0.2) is 0 Å². The van der Waals surface area contributed by atoms with Crippen LogP contribution in [0.25, 0.3) is 0 Å². The van der Waals surface area contributed by atoms with E-state index >= 15 is 0 Å². The number of hydrogen-bond donors (Lipinski definition) is 1. The fourth-order valence-electron chi connectivity index (χ4n) is 2.36. The van der Waals surface area contributed by atoms with Crippen LogP contribution in [0.1, 0.15) is 31.2 Å². The van der Waals surface area contributed by atoms with Gasteiger partial charge in [0.2, 0.25) is 0 Å². The predicted molar refractivity (Wildman–Crippen MR) is 78.3 cm³/mol. The second kappa shape index (κ2) is 8.41. The van der Waals surface area contributed by atoms with Crippen LogP contribution in [-0.4, -0.2) is 17.7 Å². The third-order valence-electron chi connectivity index (χ3n) is 3.47. The summed E-state index contributed by atoms with van der Waals surface area (Å²) in [4.78, 5) is 15.5. The molecule has 0 aromatic heterocycles. The first-order chi connectivity index (χ1) is 9.18. The Morgan fingerprint density at radius 2 is 1.68 bits per heavy atom. The Kier molecular flexibility index (Phi) is 7.21. The summed E-state index contributed by atoms with van der Waals surface area (Å²) >= 11 is 11.9. The monoisotopic (exact) mass is 303 g/mol. The van der Waals surface area contributed by atoms with Gasteiger partial charge in [-0.2, -0.15) is 5.90 Å². The number of benzene rings is 1. The summed E-state index contributed by atoms with van der Waals surface area (Å²) in [6.07, 6.45) is 2.43. The smallest absolute Gasteiger partial charge is 0.324 e. The van der Waals surface area contributed by atoms with E-state index in [2.05, 4.69) is 4.84 Å². The van der Waals surface area contributed by atoms with Crippen molar-refractivity contribution in [2.45, 2.75) is 31.1 Å². The Bertz CT molecular complexity index is 378. The normalized spacial score (nSPS) is 11.3. The Balaban J connectivity index is 2.96. The van der Waals surface area contributed by atoms with Crippen molar-refractivity contribution in [2.24, 2.45) is 5.90 Å². The van der Waals surface area contributed by atoms with Crippen molar-refractivity contribution in [1.29, 1.82) is 0 Å². The van der Waals surface area contributed by atoms with Gasteiger partial charge in [-0.25, -0.2) is 0 Å². The Hall–Kier alpha value is -0.770. The van der Waals surface area contributed by atoms with Crippen molar-refractivity contribution >= 4 is 29.2 Å². The topological polar surface area (TPSA) is 52.3 Å². The molecular formula is C14H19Cl2NO2. The first-order valence-electron chi connectivity index (χ1n) is 6.25. The van der Waals surface area contributed by atoms with Gasteiger partial charge >= 0.3 is 5.97 Å². The zero-order valence-electron chi connectivity index (χ0n) is 10.8. The third kappa shape index (κ3) is 4.68. The second-order valence-corrected chi connectivity index (χ2v) is 5.27. The van der Waals surface area contributed by atoms with Crippen LogP contribution in [0, 0.1) is 0 Å². The van der Waals surface area contributed by atoms with E-state index in [1.54, 1.807) is 0 Å². The minimum absolute atomic E-state index is 0.195. The minimum atomic E-state index is -0.413. The van der Waals surface area contributed by atoms with Gasteiger partial charge < -0.3 is 4.84 Å². The van der Waals surface area contributed by atoms with Gasteiger partial charge in [0, 0.05) is 18.2 Å². The van der Waals surface area contributed by atoms with E-state index in [1.807, 2.05) is 30.3 Å². The molecule has 0 unspecified atom stereocenters. The molecule has 106 valence electrons. The molecule has 5 heteroatoms. The summed E-state index contributed by atoms with van der Waals surface area (Å²) in [5.41, 5.74) is 0.958. The highest BCUT2D eigenvalue weighted by Gasteiger charge is 2.31. The molecule has 0 radical (unpaired) electrons. The predicted octanol–water partition coefficient (Wildman–Crippen LogP) is 3.38. The van der Waals surface area contributed by atoms with Crippen molar-refractivity contribution in [1.82, 2.24) is 0 Å². The lowest BCUT2D eigenvalue weighted by molar-refractivity contribution is -0.144. The molecule has 0 aliphatic carbocycles. The fraction of sp³-hybridized carbons (Fsp3) is 0.500. The molecule has 0 bridgehead atoms. The highest BCUT2D eigenvalue weighted by Crippen LogP contribution is 2.37. The lowest BCUT2D eigenvalue weighted by Crippen LogP contribution is -2.29. The molecule has 1 aromatic rings. The molecule has 0 saturated heterocycles. The molecule has 1 aromatic carbocycles. The van der Waals surface area contributed by atoms with E-state index in [4.69, 9.17) is 29.1 Å². The molecule has 1 rings (SSSR count). The Morgan fingerprint density at radius 3 is 2.16 bits per heavy atom. The second-order valence-electron chi connectivity index (χ2n) is 4.51. The average molecular weight is 304 g/mol. The average Bonchev–Trinajstić information content (AvgIpc) is 2.45. The van der Waals surface area contributed by atoms with Crippen LogP contribution < -0.4 is 5.90 Å². The highest BCUT2D eigenvalue weighted by molar-refractivity contribution is 6.18. The van der Waals surface area contributed by atoms with Gasteiger partial charge in [0.1, 0.15) is 0 Å². The van der Waals surface area contributed by atoms with E-state index in [-0.39, 0.29) is 11.8 Å². The maximum absolute atomic E-state index is 11.3. The van der Waals surface area contributed by atoms with E-state index in [9.17, 15) is 4.79 Å². The number of carbonyl (C=O) groups excluding carboxylic acids is 1. The summed E-state index contributed by atoms with van der Waals surface area (Å²) < 4.78 is 0. The minimum Gasteiger partial charge on any atom is -0.373 e. The van der Waals surface area contributed by atoms with Gasteiger partial charge in [0.05, 0.1) is 0 Å². The van der Waals surface area contributed by atoms with Gasteiger partial charge in [-0.05, 0) is 30.2 Å². The Labute approximate surface area is 124 Å². The van der Waals surface area contributed by atoms with E-state index in [1.165, 1.54) is 0 Å². The van der Waals surface area contributed by atoms with Crippen molar-refractivity contribution in [3.8, 4) is 0 Å². The van der Waals surface area contributed by atoms with Crippen LogP contribution in [0.4, 0.5) is 0 Å². The van der Waals surface area contributed by atoms with Crippen LogP contribution >= 0.6 is 23.2 Å². The summed E-state index contributed by atoms with van der Waals surface area (Å²) in [5.74, 6) is 5.51. The molecule has 0 spiro atoms. The summed E-state index contributed by atoms with van der Waals surface area (Å²) in [5, 5.41) is 0. The standard InChI is InChI=1S/C14H19Cl2NO2/c15-10-8-14(9-11-16,7-6-13(18)19-17)12-4-2-1-3-5-12/h1-5H,6-11,17H2. The van der Waals surface area contributed by atoms with E-state index < -0.39 is 5.97 Å². The van der Waals surface area contributed by atoms with Crippen molar-refractivity contribution in [3.05, 3.63) is 35.9 Å². The van der Waals surface area contributed by atoms with E-state index in [0.717, 1.165) is 18.4 Å². The van der Waals surface area contributed by atoms with Gasteiger partial charge in [-0.1, -0.05) is 30.3 Å². The molecule has 0 aliphatic rings. The van der Waals surface area contributed by atoms with Gasteiger partial charge in [0.25, 0.3) is 0 Å². The van der Waals surface area contributed by atoms with Crippen LogP contribution in [0.15, 0.2) is 30.3 Å². The van der Waals surface area contributed by atoms with Crippen LogP contribution in [0.5, 0.6) is 0 Å². The molecule has 0 fully saturated rings. The van der Waals surface area contributed by atoms with Gasteiger partial charge in [-0.3, -0.25) is 4.79 Å². The van der Waals surface area contributed by atoms with Crippen LogP contribution in [0.3, 0.4) is 0 Å². The van der Waals surface area contributed by atoms with Gasteiger partial charge in [-0.15, -0.1) is 23.2 Å². The van der Waals surface area contributed by atoms with Crippen molar-refractivity contribution < 1.29 is 9.63 Å². The first-order valence-corrected chi connectivity index (χ1v) is 7.32. The largest absolute Gasteiger partial charge is 0.373 e. The molecule has 0 atom stereocenters. The van der Waals surface area contributed by atoms with Crippen molar-refractivity contribution in [2.75, 3.05) is 11.8 Å². The summed E-state index contributed by atoms with van der Waals surface area (Å²) in [7, 11) is 0. The maximum atomic E-state index is 11.3. The van der Waals surface area contributed by atoms with Crippen molar-refractivity contribution in [3.63, 3.8) is 0 Å². The number of nitrogens with two attached hydrogens (primary N) is 1. The molecule has 3 nitrogen and oxygen atoms in total.